The van der Waals surface area contributed by atoms with Gasteiger partial charge >= 0.3 is 0 Å². The van der Waals surface area contributed by atoms with Crippen molar-refractivity contribution in [1.29, 1.82) is 0 Å². The van der Waals surface area contributed by atoms with Crippen molar-refractivity contribution in [3.8, 4) is 0 Å². The fourth-order valence-corrected chi connectivity index (χ4v) is 5.35. The van der Waals surface area contributed by atoms with Crippen LogP contribution in [0.25, 0.3) is 16.9 Å². The summed E-state index contributed by atoms with van der Waals surface area (Å²) < 4.78 is 1.52. The predicted molar refractivity (Wildman–Crippen MR) is 151 cm³/mol. The molecular weight excluding hydrogens is 424 g/mol. The van der Waals surface area contributed by atoms with Gasteiger partial charge in [0.2, 0.25) is 11.4 Å². The molecule has 2 heteroatoms. The summed E-state index contributed by atoms with van der Waals surface area (Å²) in [6.07, 6.45) is 15.2. The molecule has 2 nitrogen and oxygen atoms in total. The molecule has 0 aromatic heterocycles. The maximum Gasteiger partial charge on any atom is 0.211 e. The van der Waals surface area contributed by atoms with Crippen LogP contribution in [0.3, 0.4) is 0 Å². The summed E-state index contributed by atoms with van der Waals surface area (Å²) in [6, 6.07) is 17.8. The molecule has 188 valence electrons. The lowest BCUT2D eigenvalue weighted by molar-refractivity contribution is -0.345. The summed E-state index contributed by atoms with van der Waals surface area (Å²) in [4.78, 5) is 0. The van der Waals surface area contributed by atoms with Crippen molar-refractivity contribution in [2.45, 2.75) is 111 Å². The van der Waals surface area contributed by atoms with Crippen molar-refractivity contribution in [1.82, 2.24) is 0 Å². The van der Waals surface area contributed by atoms with E-state index in [0.29, 0.717) is 0 Å². The number of hydrogen-bond donors (Lipinski definition) is 0. The molecule has 1 aliphatic heterocycles. The smallest absolute Gasteiger partial charge is 0.211 e. The average Bonchev–Trinajstić information content (AvgIpc) is 3.16. The summed E-state index contributed by atoms with van der Waals surface area (Å²) in [5.74, 6) is 0. The van der Waals surface area contributed by atoms with Crippen molar-refractivity contribution in [2.24, 2.45) is 0 Å². The van der Waals surface area contributed by atoms with Crippen molar-refractivity contribution in [2.75, 3.05) is 0 Å². The molecule has 2 aromatic rings. The third-order valence-corrected chi connectivity index (χ3v) is 7.28. The fourth-order valence-electron chi connectivity index (χ4n) is 5.35. The first-order chi connectivity index (χ1) is 17.1. The van der Waals surface area contributed by atoms with Gasteiger partial charge < -0.3 is 5.53 Å². The molecule has 0 spiro atoms. The molecular formula is C33H46N2. The maximum absolute atomic E-state index is 11.7. The second-order valence-corrected chi connectivity index (χ2v) is 10.1. The first-order valence-corrected chi connectivity index (χ1v) is 14.3. The van der Waals surface area contributed by atoms with Crippen LogP contribution in [0.5, 0.6) is 0 Å². The molecule has 0 aliphatic carbocycles. The van der Waals surface area contributed by atoms with Crippen molar-refractivity contribution >= 4 is 11.4 Å². The van der Waals surface area contributed by atoms with Crippen LogP contribution in [0, 0.1) is 0 Å². The number of aryl methyl sites for hydroxylation is 2. The Morgan fingerprint density at radius 3 is 1.49 bits per heavy atom. The van der Waals surface area contributed by atoms with E-state index >= 15 is 0 Å². The molecule has 0 radical (unpaired) electrons. The van der Waals surface area contributed by atoms with Gasteiger partial charge in [0.25, 0.3) is 0 Å². The third-order valence-electron chi connectivity index (χ3n) is 7.28. The van der Waals surface area contributed by atoms with Gasteiger partial charge in [-0.1, -0.05) is 90.5 Å². The number of benzene rings is 2. The molecule has 0 atom stereocenters. The Bertz CT molecular complexity index is 1040. The molecule has 0 unspecified atom stereocenters. The molecule has 0 saturated heterocycles. The lowest BCUT2D eigenvalue weighted by atomic mass is 9.92. The minimum atomic E-state index is 0.924. The number of allylic oxidation sites excluding steroid dienone is 2. The van der Waals surface area contributed by atoms with Gasteiger partial charge in [0, 0.05) is 22.3 Å². The second-order valence-electron chi connectivity index (χ2n) is 10.1. The van der Waals surface area contributed by atoms with Crippen molar-refractivity contribution in [3.63, 3.8) is 0 Å². The van der Waals surface area contributed by atoms with E-state index < -0.39 is 0 Å². The molecule has 1 aliphatic rings. The van der Waals surface area contributed by atoms with E-state index in [0.717, 1.165) is 54.6 Å². The second kappa shape index (κ2) is 14.2. The molecule has 2 aromatic carbocycles. The Morgan fingerprint density at radius 1 is 0.571 bits per heavy atom. The van der Waals surface area contributed by atoms with Crippen molar-refractivity contribution in [3.05, 3.63) is 87.5 Å². The number of unbranched alkanes of at least 4 members (excludes halogenated alkanes) is 6. The van der Waals surface area contributed by atoms with E-state index in [9.17, 15) is 5.53 Å². The monoisotopic (exact) mass is 470 g/mol. The van der Waals surface area contributed by atoms with E-state index in [1.54, 1.807) is 0 Å². The summed E-state index contributed by atoms with van der Waals surface area (Å²) in [5, 5.41) is 0. The van der Waals surface area contributed by atoms with Crippen LogP contribution < -0.4 is 0 Å². The lowest BCUT2D eigenvalue weighted by Gasteiger charge is -2.11. The largest absolute Gasteiger partial charge is 0.493 e. The standard InChI is InChI=1S/C33H46N2/c1-5-9-12-17-26-19-15-21-28(24-26)32-30(8-4)31(23-14-11-7-3)33(35(32)34)29-22-16-20-27(25-29)18-13-10-6-2/h15-16,19-22,24-25H,5-14,17-18,23H2,1-4H3. The Hall–Kier alpha value is -2.48. The lowest BCUT2D eigenvalue weighted by Crippen LogP contribution is -2.03. The fraction of sp³-hybridized carbons (Fsp3) is 0.515. The first-order valence-electron chi connectivity index (χ1n) is 14.3. The van der Waals surface area contributed by atoms with Gasteiger partial charge in [-0.05, 0) is 80.3 Å². The summed E-state index contributed by atoms with van der Waals surface area (Å²) in [7, 11) is 0. The molecule has 35 heavy (non-hydrogen) atoms. The van der Waals surface area contributed by atoms with Crippen LogP contribution in [-0.2, 0) is 12.8 Å². The van der Waals surface area contributed by atoms with Gasteiger partial charge in [-0.2, -0.15) is 0 Å². The van der Waals surface area contributed by atoms with Crippen LogP contribution in [0.2, 0.25) is 0 Å². The normalized spacial score (nSPS) is 13.9. The molecule has 0 fully saturated rings. The van der Waals surface area contributed by atoms with Gasteiger partial charge in [-0.3, -0.25) is 0 Å². The van der Waals surface area contributed by atoms with Crippen LogP contribution in [0.15, 0.2) is 59.7 Å². The highest BCUT2D eigenvalue weighted by molar-refractivity contribution is 5.82. The molecule has 0 amide bonds. The van der Waals surface area contributed by atoms with Gasteiger partial charge in [0.1, 0.15) is 0 Å². The van der Waals surface area contributed by atoms with E-state index in [1.807, 2.05) is 0 Å². The SMILES string of the molecule is CCCCCC1=C(c2cccc(CCCCC)c2)[N+](=[N-])C(c2cccc(CCCCC)c2)=C1CC. The van der Waals surface area contributed by atoms with Crippen LogP contribution >= 0.6 is 0 Å². The molecule has 1 heterocycles. The molecule has 0 N–H and O–H groups in total. The predicted octanol–water partition coefficient (Wildman–Crippen LogP) is 10.3. The zero-order valence-corrected chi connectivity index (χ0v) is 22.7. The highest BCUT2D eigenvalue weighted by atomic mass is 15.2. The van der Waals surface area contributed by atoms with Gasteiger partial charge in [0.05, 0.1) is 0 Å². The highest BCUT2D eigenvalue weighted by Gasteiger charge is 2.34. The van der Waals surface area contributed by atoms with E-state index in [-0.39, 0.29) is 0 Å². The highest BCUT2D eigenvalue weighted by Crippen LogP contribution is 2.44. The Balaban J connectivity index is 2.00. The van der Waals surface area contributed by atoms with E-state index in [4.69, 9.17) is 0 Å². The summed E-state index contributed by atoms with van der Waals surface area (Å²) >= 11 is 0. The minimum Gasteiger partial charge on any atom is -0.493 e. The van der Waals surface area contributed by atoms with Crippen LogP contribution in [-0.4, -0.2) is 4.70 Å². The third kappa shape index (κ3) is 7.03. The van der Waals surface area contributed by atoms with Gasteiger partial charge in [-0.25, -0.2) is 4.70 Å². The number of rotatable bonds is 15. The Labute approximate surface area is 214 Å². The van der Waals surface area contributed by atoms with Gasteiger partial charge in [0.15, 0.2) is 0 Å². The molecule has 0 bridgehead atoms. The maximum atomic E-state index is 11.7. The van der Waals surface area contributed by atoms with Crippen LogP contribution in [0.1, 0.15) is 121 Å². The van der Waals surface area contributed by atoms with Crippen molar-refractivity contribution < 1.29 is 4.70 Å². The van der Waals surface area contributed by atoms with E-state index in [2.05, 4.69) is 76.2 Å². The number of nitrogens with zero attached hydrogens (tertiary/aromatic N) is 2. The zero-order valence-electron chi connectivity index (χ0n) is 22.7. The zero-order chi connectivity index (χ0) is 25.0. The molecule has 0 saturated carbocycles. The van der Waals surface area contributed by atoms with E-state index in [1.165, 1.54) is 78.3 Å². The summed E-state index contributed by atoms with van der Waals surface area (Å²) in [6.45, 7) is 9.00. The quantitative estimate of drug-likeness (QED) is 0.183. The molecule has 3 rings (SSSR count). The Morgan fingerprint density at radius 2 is 1.03 bits per heavy atom. The number of hydrogen-bond acceptors (Lipinski definition) is 0. The Kier molecular flexibility index (Phi) is 11.0. The first kappa shape index (κ1) is 27.1. The topological polar surface area (TPSA) is 25.3 Å². The summed E-state index contributed by atoms with van der Waals surface area (Å²) in [5.41, 5.74) is 21.4. The van der Waals surface area contributed by atoms with Crippen LogP contribution in [0.4, 0.5) is 0 Å². The minimum absolute atomic E-state index is 0.924. The van der Waals surface area contributed by atoms with Gasteiger partial charge in [-0.15, -0.1) is 0 Å². The average molecular weight is 471 g/mol.